The van der Waals surface area contributed by atoms with Gasteiger partial charge in [-0.3, -0.25) is 14.4 Å². The van der Waals surface area contributed by atoms with E-state index in [0.717, 1.165) is 11.3 Å². The zero-order valence-corrected chi connectivity index (χ0v) is 19.1. The molecule has 0 saturated carbocycles. The maximum atomic E-state index is 12.9. The number of Topliss-reactive ketones (excluding diaryl/α,β-unsaturated/α-hetero) is 1. The molecule has 7 nitrogen and oxygen atoms in total. The van der Waals surface area contributed by atoms with Crippen LogP contribution >= 0.6 is 11.3 Å². The predicted octanol–water partition coefficient (Wildman–Crippen LogP) is 4.32. The molecular formula is C23H28N2O5S. The van der Waals surface area contributed by atoms with Gasteiger partial charge in [-0.15, -0.1) is 11.3 Å². The first-order valence-corrected chi connectivity index (χ1v) is 11.1. The largest absolute Gasteiger partial charge is 0.462 e. The Labute approximate surface area is 186 Å². The van der Waals surface area contributed by atoms with Crippen LogP contribution in [0.5, 0.6) is 0 Å². The molecular weight excluding hydrogens is 416 g/mol. The van der Waals surface area contributed by atoms with Crippen molar-refractivity contribution in [2.75, 3.05) is 25.0 Å². The van der Waals surface area contributed by atoms with Crippen molar-refractivity contribution in [2.45, 2.75) is 40.5 Å². The summed E-state index contributed by atoms with van der Waals surface area (Å²) >= 11 is 1.06. The molecule has 1 N–H and O–H groups in total. The average molecular weight is 445 g/mol. The fourth-order valence-electron chi connectivity index (χ4n) is 3.09. The van der Waals surface area contributed by atoms with Gasteiger partial charge in [-0.25, -0.2) is 4.79 Å². The molecule has 166 valence electrons. The number of rotatable bonds is 10. The molecule has 2 amide bonds. The first-order chi connectivity index (χ1) is 14.8. The molecule has 0 fully saturated rings. The fourth-order valence-corrected chi connectivity index (χ4v) is 4.27. The Morgan fingerprint density at radius 2 is 1.65 bits per heavy atom. The summed E-state index contributed by atoms with van der Waals surface area (Å²) in [5.41, 5.74) is 1.21. The van der Waals surface area contributed by atoms with Crippen LogP contribution in [0.3, 0.4) is 0 Å². The Kier molecular flexibility index (Phi) is 8.93. The molecule has 1 aromatic carbocycles. The van der Waals surface area contributed by atoms with Gasteiger partial charge in [0.15, 0.2) is 5.78 Å². The number of esters is 1. The van der Waals surface area contributed by atoms with Gasteiger partial charge in [0.2, 0.25) is 5.91 Å². The van der Waals surface area contributed by atoms with E-state index in [9.17, 15) is 19.2 Å². The molecule has 0 unspecified atom stereocenters. The molecule has 0 aliphatic carbocycles. The summed E-state index contributed by atoms with van der Waals surface area (Å²) in [5.74, 6) is -1.33. The standard InChI is InChI=1S/C23H28N2O5S/c1-5-25(6-2)22(28)20-15(4)19(23(29)30-7-3)21(31-20)24-18(27)14-13-17(26)16-11-9-8-10-12-16/h8-12H,5-7,13-14H2,1-4H3,(H,24,27). The number of hydrogen-bond donors (Lipinski definition) is 1. The number of nitrogens with one attached hydrogen (secondary N) is 1. The van der Waals surface area contributed by atoms with Crippen molar-refractivity contribution in [3.63, 3.8) is 0 Å². The van der Waals surface area contributed by atoms with E-state index >= 15 is 0 Å². The Hall–Kier alpha value is -3.00. The quantitative estimate of drug-likeness (QED) is 0.435. The summed E-state index contributed by atoms with van der Waals surface area (Å²) in [4.78, 5) is 52.2. The minimum Gasteiger partial charge on any atom is -0.462 e. The van der Waals surface area contributed by atoms with Crippen LogP contribution in [0.1, 0.15) is 69.6 Å². The van der Waals surface area contributed by atoms with Crippen LogP contribution < -0.4 is 5.32 Å². The van der Waals surface area contributed by atoms with Crippen LogP contribution in [-0.4, -0.2) is 48.2 Å². The number of nitrogens with zero attached hydrogens (tertiary/aromatic N) is 1. The van der Waals surface area contributed by atoms with Crippen LogP contribution in [0.2, 0.25) is 0 Å². The van der Waals surface area contributed by atoms with E-state index in [-0.39, 0.29) is 41.7 Å². The number of hydrogen-bond acceptors (Lipinski definition) is 6. The summed E-state index contributed by atoms with van der Waals surface area (Å²) in [6.45, 7) is 8.36. The molecule has 0 aliphatic rings. The lowest BCUT2D eigenvalue weighted by Gasteiger charge is -2.18. The lowest BCUT2D eigenvalue weighted by molar-refractivity contribution is -0.116. The Balaban J connectivity index is 2.22. The van der Waals surface area contributed by atoms with Gasteiger partial charge in [-0.05, 0) is 33.3 Å². The number of ketones is 1. The van der Waals surface area contributed by atoms with E-state index in [1.54, 1.807) is 43.0 Å². The second-order valence-corrected chi connectivity index (χ2v) is 7.82. The van der Waals surface area contributed by atoms with Crippen LogP contribution in [0.15, 0.2) is 30.3 Å². The van der Waals surface area contributed by atoms with Gasteiger partial charge in [0.25, 0.3) is 5.91 Å². The smallest absolute Gasteiger partial charge is 0.341 e. The lowest BCUT2D eigenvalue weighted by atomic mass is 10.1. The first kappa shape index (κ1) is 24.3. The number of anilines is 1. The third-order valence-corrected chi connectivity index (χ3v) is 5.99. The third kappa shape index (κ3) is 6.01. The average Bonchev–Trinajstić information content (AvgIpc) is 3.09. The minimum atomic E-state index is -0.592. The molecule has 0 bridgehead atoms. The van der Waals surface area contributed by atoms with Crippen LogP contribution in [0.25, 0.3) is 0 Å². The van der Waals surface area contributed by atoms with Crippen molar-refractivity contribution < 1.29 is 23.9 Å². The maximum absolute atomic E-state index is 12.9. The van der Waals surface area contributed by atoms with Crippen molar-refractivity contribution in [1.29, 1.82) is 0 Å². The normalized spacial score (nSPS) is 10.5. The van der Waals surface area contributed by atoms with Crippen LogP contribution in [0, 0.1) is 6.92 Å². The highest BCUT2D eigenvalue weighted by Crippen LogP contribution is 2.34. The van der Waals surface area contributed by atoms with Gasteiger partial charge in [-0.2, -0.15) is 0 Å². The molecule has 1 aromatic heterocycles. The van der Waals surface area contributed by atoms with Crippen molar-refractivity contribution in [1.82, 2.24) is 4.90 Å². The number of carbonyl (C=O) groups is 4. The summed E-state index contributed by atoms with van der Waals surface area (Å²) in [6.07, 6.45) is 0.00639. The molecule has 0 atom stereocenters. The number of thiophene rings is 1. The van der Waals surface area contributed by atoms with Crippen molar-refractivity contribution in [3.05, 3.63) is 51.9 Å². The molecule has 0 spiro atoms. The number of ether oxygens (including phenoxy) is 1. The number of benzene rings is 1. The number of amides is 2. The molecule has 0 radical (unpaired) electrons. The Bertz CT molecular complexity index is 948. The van der Waals surface area contributed by atoms with Crippen molar-refractivity contribution in [2.24, 2.45) is 0 Å². The molecule has 2 aromatic rings. The highest BCUT2D eigenvalue weighted by atomic mass is 32.1. The highest BCUT2D eigenvalue weighted by Gasteiger charge is 2.28. The SMILES string of the molecule is CCOC(=O)c1c(NC(=O)CCC(=O)c2ccccc2)sc(C(=O)N(CC)CC)c1C. The van der Waals surface area contributed by atoms with Gasteiger partial charge in [0.05, 0.1) is 17.0 Å². The third-order valence-electron chi connectivity index (χ3n) is 4.80. The summed E-state index contributed by atoms with van der Waals surface area (Å²) in [5, 5.41) is 2.97. The van der Waals surface area contributed by atoms with E-state index in [1.165, 1.54) is 0 Å². The monoisotopic (exact) mass is 444 g/mol. The minimum absolute atomic E-state index is 0.0355. The van der Waals surface area contributed by atoms with Gasteiger partial charge >= 0.3 is 5.97 Å². The molecule has 0 saturated heterocycles. The summed E-state index contributed by atoms with van der Waals surface area (Å²) in [7, 11) is 0. The van der Waals surface area contributed by atoms with E-state index in [4.69, 9.17) is 4.74 Å². The first-order valence-electron chi connectivity index (χ1n) is 10.3. The molecule has 8 heteroatoms. The maximum Gasteiger partial charge on any atom is 0.341 e. The van der Waals surface area contributed by atoms with Gasteiger partial charge in [-0.1, -0.05) is 30.3 Å². The van der Waals surface area contributed by atoms with Gasteiger partial charge in [0, 0.05) is 31.5 Å². The second-order valence-electron chi connectivity index (χ2n) is 6.80. The highest BCUT2D eigenvalue weighted by molar-refractivity contribution is 7.18. The Morgan fingerprint density at radius 3 is 2.23 bits per heavy atom. The van der Waals surface area contributed by atoms with Gasteiger partial charge < -0.3 is 15.0 Å². The fraction of sp³-hybridized carbons (Fsp3) is 0.391. The van der Waals surface area contributed by atoms with E-state index in [0.29, 0.717) is 29.1 Å². The summed E-state index contributed by atoms with van der Waals surface area (Å²) in [6, 6.07) is 8.75. The van der Waals surface area contributed by atoms with E-state index in [2.05, 4.69) is 5.32 Å². The lowest BCUT2D eigenvalue weighted by Crippen LogP contribution is -2.30. The zero-order valence-electron chi connectivity index (χ0n) is 18.3. The zero-order chi connectivity index (χ0) is 23.0. The predicted molar refractivity (Wildman–Crippen MR) is 121 cm³/mol. The molecule has 0 aliphatic heterocycles. The van der Waals surface area contributed by atoms with E-state index < -0.39 is 11.9 Å². The van der Waals surface area contributed by atoms with Crippen molar-refractivity contribution >= 4 is 39.9 Å². The molecule has 1 heterocycles. The number of carbonyl (C=O) groups excluding carboxylic acids is 4. The van der Waals surface area contributed by atoms with Crippen LogP contribution in [-0.2, 0) is 9.53 Å². The van der Waals surface area contributed by atoms with Gasteiger partial charge in [0.1, 0.15) is 5.00 Å². The summed E-state index contributed by atoms with van der Waals surface area (Å²) < 4.78 is 5.13. The Morgan fingerprint density at radius 1 is 1.00 bits per heavy atom. The van der Waals surface area contributed by atoms with Crippen molar-refractivity contribution in [3.8, 4) is 0 Å². The van der Waals surface area contributed by atoms with Crippen LogP contribution in [0.4, 0.5) is 5.00 Å². The molecule has 31 heavy (non-hydrogen) atoms. The second kappa shape index (κ2) is 11.4. The topological polar surface area (TPSA) is 92.8 Å². The van der Waals surface area contributed by atoms with E-state index in [1.807, 2.05) is 19.9 Å². The molecule has 2 rings (SSSR count).